The molecule has 2 aromatic rings. The van der Waals surface area contributed by atoms with Crippen molar-refractivity contribution in [3.8, 4) is 11.4 Å². The van der Waals surface area contributed by atoms with E-state index >= 15 is 0 Å². The second-order valence-electron chi connectivity index (χ2n) is 4.60. The molecule has 0 aliphatic heterocycles. The monoisotopic (exact) mass is 243 g/mol. The molecule has 3 nitrogen and oxygen atoms in total. The highest BCUT2D eigenvalue weighted by Gasteiger charge is 2.19. The first-order valence-electron chi connectivity index (χ1n) is 6.11. The summed E-state index contributed by atoms with van der Waals surface area (Å²) >= 11 is 0. The summed E-state index contributed by atoms with van der Waals surface area (Å²) in [5, 5.41) is 0. The molecule has 1 aromatic carbocycles. The molecule has 0 saturated carbocycles. The fourth-order valence-corrected chi connectivity index (χ4v) is 2.32. The zero-order chi connectivity index (χ0) is 12.5. The Bertz CT molecular complexity index is 566. The van der Waals surface area contributed by atoms with Crippen LogP contribution >= 0.6 is 0 Å². The molecule has 1 atom stereocenters. The Morgan fingerprint density at radius 3 is 2.78 bits per heavy atom. The highest BCUT2D eigenvalue weighted by molar-refractivity contribution is 5.55. The lowest BCUT2D eigenvalue weighted by molar-refractivity contribution is 0.557. The van der Waals surface area contributed by atoms with Gasteiger partial charge in [0.15, 0.2) is 5.82 Å². The van der Waals surface area contributed by atoms with Gasteiger partial charge in [0, 0.05) is 29.1 Å². The number of aryl methyl sites for hydroxylation is 1. The molecular formula is C14H14FN3. The zero-order valence-corrected chi connectivity index (χ0v) is 9.94. The third-order valence-electron chi connectivity index (χ3n) is 3.33. The summed E-state index contributed by atoms with van der Waals surface area (Å²) in [6.45, 7) is 0. The minimum atomic E-state index is -0.251. The standard InChI is InChI=1S/C14H14FN3/c15-10-6-4-9(5-7-10)14-17-8-11-12(16)2-1-3-13(11)18-14/h4-8,12H,1-3,16H2. The quantitative estimate of drug-likeness (QED) is 0.837. The predicted octanol–water partition coefficient (Wildman–Crippen LogP) is 2.62. The van der Waals surface area contributed by atoms with Crippen LogP contribution in [0.2, 0.25) is 0 Å². The van der Waals surface area contributed by atoms with Crippen LogP contribution in [0.1, 0.15) is 30.1 Å². The highest BCUT2D eigenvalue weighted by Crippen LogP contribution is 2.27. The van der Waals surface area contributed by atoms with Gasteiger partial charge in [-0.2, -0.15) is 0 Å². The first-order chi connectivity index (χ1) is 8.74. The van der Waals surface area contributed by atoms with Gasteiger partial charge in [0.1, 0.15) is 5.82 Å². The van der Waals surface area contributed by atoms with Crippen LogP contribution < -0.4 is 5.73 Å². The SMILES string of the molecule is NC1CCCc2nc(-c3ccc(F)cc3)ncc21. The minimum Gasteiger partial charge on any atom is -0.324 e. The van der Waals surface area contributed by atoms with Crippen molar-refractivity contribution >= 4 is 0 Å². The van der Waals surface area contributed by atoms with Crippen LogP contribution in [-0.4, -0.2) is 9.97 Å². The van der Waals surface area contributed by atoms with Gasteiger partial charge in [0.2, 0.25) is 0 Å². The van der Waals surface area contributed by atoms with E-state index in [4.69, 9.17) is 5.73 Å². The van der Waals surface area contributed by atoms with Gasteiger partial charge in [-0.1, -0.05) is 0 Å². The van der Waals surface area contributed by atoms with Gasteiger partial charge in [0.05, 0.1) is 0 Å². The van der Waals surface area contributed by atoms with Crippen molar-refractivity contribution in [3.63, 3.8) is 0 Å². The van der Waals surface area contributed by atoms with Crippen molar-refractivity contribution < 1.29 is 4.39 Å². The maximum absolute atomic E-state index is 12.9. The second kappa shape index (κ2) is 4.46. The topological polar surface area (TPSA) is 51.8 Å². The summed E-state index contributed by atoms with van der Waals surface area (Å²) in [5.74, 6) is 0.390. The zero-order valence-electron chi connectivity index (χ0n) is 9.94. The average molecular weight is 243 g/mol. The van der Waals surface area contributed by atoms with Crippen LogP contribution in [0.15, 0.2) is 30.5 Å². The van der Waals surface area contributed by atoms with E-state index in [-0.39, 0.29) is 11.9 Å². The van der Waals surface area contributed by atoms with Crippen molar-refractivity contribution in [2.24, 2.45) is 5.73 Å². The molecule has 1 unspecified atom stereocenters. The lowest BCUT2D eigenvalue weighted by Crippen LogP contribution is -2.19. The highest BCUT2D eigenvalue weighted by atomic mass is 19.1. The molecule has 1 heterocycles. The van der Waals surface area contributed by atoms with Crippen LogP contribution in [-0.2, 0) is 6.42 Å². The van der Waals surface area contributed by atoms with Crippen molar-refractivity contribution in [2.75, 3.05) is 0 Å². The minimum absolute atomic E-state index is 0.0519. The lowest BCUT2D eigenvalue weighted by Gasteiger charge is -2.21. The number of halogens is 1. The number of aromatic nitrogens is 2. The molecule has 0 radical (unpaired) electrons. The third kappa shape index (κ3) is 1.99. The van der Waals surface area contributed by atoms with E-state index in [0.29, 0.717) is 5.82 Å². The van der Waals surface area contributed by atoms with Crippen molar-refractivity contribution in [1.29, 1.82) is 0 Å². The summed E-state index contributed by atoms with van der Waals surface area (Å²) < 4.78 is 12.9. The van der Waals surface area contributed by atoms with E-state index in [9.17, 15) is 4.39 Å². The lowest BCUT2D eigenvalue weighted by atomic mass is 9.93. The normalized spacial score (nSPS) is 18.4. The Hall–Kier alpha value is -1.81. The Labute approximate surface area is 105 Å². The molecular weight excluding hydrogens is 229 g/mol. The molecule has 2 N–H and O–H groups in total. The van der Waals surface area contributed by atoms with Gasteiger partial charge in [-0.05, 0) is 43.5 Å². The maximum Gasteiger partial charge on any atom is 0.159 e. The average Bonchev–Trinajstić information content (AvgIpc) is 2.39. The second-order valence-corrected chi connectivity index (χ2v) is 4.60. The van der Waals surface area contributed by atoms with Crippen LogP contribution in [0.25, 0.3) is 11.4 Å². The van der Waals surface area contributed by atoms with E-state index in [1.807, 2.05) is 6.20 Å². The number of hydrogen-bond donors (Lipinski definition) is 1. The van der Waals surface area contributed by atoms with Crippen LogP contribution in [0.5, 0.6) is 0 Å². The van der Waals surface area contributed by atoms with Gasteiger partial charge >= 0.3 is 0 Å². The number of nitrogens with zero attached hydrogens (tertiary/aromatic N) is 2. The molecule has 1 aliphatic rings. The van der Waals surface area contributed by atoms with Gasteiger partial charge in [-0.25, -0.2) is 14.4 Å². The first-order valence-corrected chi connectivity index (χ1v) is 6.11. The smallest absolute Gasteiger partial charge is 0.159 e. The van der Waals surface area contributed by atoms with Crippen LogP contribution in [0, 0.1) is 5.82 Å². The number of nitrogens with two attached hydrogens (primary N) is 1. The molecule has 3 rings (SSSR count). The number of rotatable bonds is 1. The Morgan fingerprint density at radius 1 is 1.22 bits per heavy atom. The number of hydrogen-bond acceptors (Lipinski definition) is 3. The van der Waals surface area contributed by atoms with Crippen LogP contribution in [0.3, 0.4) is 0 Å². The summed E-state index contributed by atoms with van der Waals surface area (Å²) in [4.78, 5) is 8.88. The molecule has 0 saturated heterocycles. The fourth-order valence-electron chi connectivity index (χ4n) is 2.32. The van der Waals surface area contributed by atoms with Gasteiger partial charge in [-0.3, -0.25) is 0 Å². The van der Waals surface area contributed by atoms with E-state index < -0.39 is 0 Å². The van der Waals surface area contributed by atoms with Crippen molar-refractivity contribution in [2.45, 2.75) is 25.3 Å². The predicted molar refractivity (Wildman–Crippen MR) is 67.3 cm³/mol. The first kappa shape index (κ1) is 11.3. The molecule has 1 aromatic heterocycles. The summed E-state index contributed by atoms with van der Waals surface area (Å²) in [6.07, 6.45) is 4.81. The molecule has 1 aliphatic carbocycles. The maximum atomic E-state index is 12.9. The molecule has 0 amide bonds. The molecule has 18 heavy (non-hydrogen) atoms. The van der Waals surface area contributed by atoms with Crippen LogP contribution in [0.4, 0.5) is 4.39 Å². The van der Waals surface area contributed by atoms with E-state index in [1.54, 1.807) is 12.1 Å². The molecule has 92 valence electrons. The summed E-state index contributed by atoms with van der Waals surface area (Å²) in [7, 11) is 0. The number of fused-ring (bicyclic) bond motifs is 1. The fraction of sp³-hybridized carbons (Fsp3) is 0.286. The van der Waals surface area contributed by atoms with Gasteiger partial charge in [0.25, 0.3) is 0 Å². The molecule has 0 fully saturated rings. The Balaban J connectivity index is 2.01. The van der Waals surface area contributed by atoms with E-state index in [0.717, 1.165) is 36.1 Å². The third-order valence-corrected chi connectivity index (χ3v) is 3.33. The number of benzene rings is 1. The summed E-state index contributed by atoms with van der Waals surface area (Å²) in [5.41, 5.74) is 8.94. The van der Waals surface area contributed by atoms with Gasteiger partial charge in [-0.15, -0.1) is 0 Å². The van der Waals surface area contributed by atoms with Crippen molar-refractivity contribution in [3.05, 3.63) is 47.5 Å². The van der Waals surface area contributed by atoms with Gasteiger partial charge < -0.3 is 5.73 Å². The Morgan fingerprint density at radius 2 is 2.00 bits per heavy atom. The largest absolute Gasteiger partial charge is 0.324 e. The molecule has 4 heteroatoms. The summed E-state index contributed by atoms with van der Waals surface area (Å²) in [6, 6.07) is 6.28. The Kier molecular flexibility index (Phi) is 2.80. The molecule has 0 bridgehead atoms. The van der Waals surface area contributed by atoms with Crippen molar-refractivity contribution in [1.82, 2.24) is 9.97 Å². The molecule has 0 spiro atoms. The van der Waals surface area contributed by atoms with E-state index in [2.05, 4.69) is 9.97 Å². The van der Waals surface area contributed by atoms with E-state index in [1.165, 1.54) is 12.1 Å².